The molecular formula is C21H24ClNO5. The van der Waals surface area contributed by atoms with Crippen LogP contribution >= 0.6 is 11.6 Å². The summed E-state index contributed by atoms with van der Waals surface area (Å²) in [6.45, 7) is 3.75. The van der Waals surface area contributed by atoms with Gasteiger partial charge in [-0.05, 0) is 36.1 Å². The molecular weight excluding hydrogens is 382 g/mol. The maximum absolute atomic E-state index is 12.3. The predicted octanol–water partition coefficient (Wildman–Crippen LogP) is 4.67. The molecule has 0 spiro atoms. The second-order valence-corrected chi connectivity index (χ2v) is 6.62. The molecule has 0 aromatic heterocycles. The molecule has 0 aliphatic carbocycles. The summed E-state index contributed by atoms with van der Waals surface area (Å²) < 4.78 is 15.4. The first-order valence-corrected chi connectivity index (χ1v) is 9.26. The number of rotatable bonds is 8. The molecule has 0 aliphatic rings. The van der Waals surface area contributed by atoms with Crippen molar-refractivity contribution in [1.82, 2.24) is 0 Å². The van der Waals surface area contributed by atoms with E-state index in [4.69, 9.17) is 25.8 Å². The van der Waals surface area contributed by atoms with Gasteiger partial charge < -0.3 is 19.5 Å². The largest absolute Gasteiger partial charge is 0.493 e. The van der Waals surface area contributed by atoms with Crippen molar-refractivity contribution < 1.29 is 23.8 Å². The van der Waals surface area contributed by atoms with E-state index in [0.29, 0.717) is 23.1 Å². The number of hydrogen-bond acceptors (Lipinski definition) is 5. The molecule has 150 valence electrons. The number of hydrogen-bond donors (Lipinski definition) is 1. The number of halogens is 1. The average Bonchev–Trinajstić information content (AvgIpc) is 2.71. The fourth-order valence-corrected chi connectivity index (χ4v) is 2.98. The zero-order chi connectivity index (χ0) is 20.7. The highest BCUT2D eigenvalue weighted by molar-refractivity contribution is 6.32. The minimum absolute atomic E-state index is 0.162. The second-order valence-electron chi connectivity index (χ2n) is 6.21. The maximum atomic E-state index is 12.3. The molecule has 0 aliphatic heterocycles. The molecule has 2 rings (SSSR count). The number of esters is 1. The highest BCUT2D eigenvalue weighted by Crippen LogP contribution is 2.36. The first-order valence-electron chi connectivity index (χ1n) is 8.88. The van der Waals surface area contributed by atoms with E-state index < -0.39 is 18.5 Å². The molecule has 0 bridgehead atoms. The Bertz CT molecular complexity index is 853. The van der Waals surface area contributed by atoms with Crippen molar-refractivity contribution >= 4 is 29.2 Å². The van der Waals surface area contributed by atoms with Gasteiger partial charge in [0.25, 0.3) is 5.91 Å². The van der Waals surface area contributed by atoms with Gasteiger partial charge in [-0.25, -0.2) is 4.79 Å². The second kappa shape index (κ2) is 9.99. The number of carbonyl (C=O) groups excluding carboxylic acids is 2. The molecule has 0 fully saturated rings. The number of carbonyl (C=O) groups is 2. The van der Waals surface area contributed by atoms with Crippen LogP contribution in [0.15, 0.2) is 36.4 Å². The van der Waals surface area contributed by atoms with Crippen LogP contribution in [0, 0.1) is 0 Å². The van der Waals surface area contributed by atoms with Gasteiger partial charge in [-0.15, -0.1) is 0 Å². The van der Waals surface area contributed by atoms with Gasteiger partial charge in [0.1, 0.15) is 0 Å². The summed E-state index contributed by atoms with van der Waals surface area (Å²) in [5.74, 6) is -0.189. The molecule has 2 aromatic carbocycles. The highest BCUT2D eigenvalue weighted by Gasteiger charge is 2.18. The summed E-state index contributed by atoms with van der Waals surface area (Å²) in [4.78, 5) is 24.5. The van der Waals surface area contributed by atoms with Gasteiger partial charge in [0.2, 0.25) is 0 Å². The number of amides is 1. The molecule has 0 radical (unpaired) electrons. The van der Waals surface area contributed by atoms with Crippen LogP contribution in [0.4, 0.5) is 5.69 Å². The summed E-state index contributed by atoms with van der Waals surface area (Å²) in [6, 6.07) is 10.4. The number of nitrogens with one attached hydrogen (secondary N) is 1. The van der Waals surface area contributed by atoms with Gasteiger partial charge in [0.15, 0.2) is 18.1 Å². The van der Waals surface area contributed by atoms with Crippen molar-refractivity contribution in [2.75, 3.05) is 26.1 Å². The maximum Gasteiger partial charge on any atom is 0.338 e. The van der Waals surface area contributed by atoms with Crippen LogP contribution in [-0.4, -0.2) is 32.7 Å². The van der Waals surface area contributed by atoms with Gasteiger partial charge in [0, 0.05) is 5.69 Å². The normalized spacial score (nSPS) is 11.5. The van der Waals surface area contributed by atoms with E-state index in [2.05, 4.69) is 19.2 Å². The van der Waals surface area contributed by atoms with Crippen LogP contribution in [0.5, 0.6) is 11.5 Å². The lowest BCUT2D eigenvalue weighted by molar-refractivity contribution is -0.119. The van der Waals surface area contributed by atoms with Crippen LogP contribution < -0.4 is 14.8 Å². The fraction of sp³-hybridized carbons (Fsp3) is 0.333. The van der Waals surface area contributed by atoms with Crippen LogP contribution in [0.25, 0.3) is 0 Å². The van der Waals surface area contributed by atoms with Crippen LogP contribution in [0.3, 0.4) is 0 Å². The Morgan fingerprint density at radius 3 is 2.50 bits per heavy atom. The van der Waals surface area contributed by atoms with E-state index in [1.165, 1.54) is 26.4 Å². The smallest absolute Gasteiger partial charge is 0.338 e. The number of ether oxygens (including phenoxy) is 3. The van der Waals surface area contributed by atoms with Crippen molar-refractivity contribution in [2.45, 2.75) is 26.2 Å². The summed E-state index contributed by atoms with van der Waals surface area (Å²) in [7, 11) is 2.88. The van der Waals surface area contributed by atoms with Crippen molar-refractivity contribution in [1.29, 1.82) is 0 Å². The van der Waals surface area contributed by atoms with Crippen molar-refractivity contribution in [3.05, 3.63) is 52.5 Å². The molecule has 1 atom stereocenters. The number of benzene rings is 2. The van der Waals surface area contributed by atoms with Crippen molar-refractivity contribution in [3.8, 4) is 11.5 Å². The lowest BCUT2D eigenvalue weighted by Crippen LogP contribution is -2.21. The van der Waals surface area contributed by atoms with Crippen LogP contribution in [0.2, 0.25) is 5.02 Å². The Morgan fingerprint density at radius 2 is 1.86 bits per heavy atom. The van der Waals surface area contributed by atoms with Crippen LogP contribution in [-0.2, 0) is 9.53 Å². The molecule has 0 saturated heterocycles. The molecule has 2 aromatic rings. The molecule has 7 heteroatoms. The Labute approximate surface area is 169 Å². The Kier molecular flexibility index (Phi) is 7.70. The Balaban J connectivity index is 2.04. The molecule has 1 N–H and O–H groups in total. The third kappa shape index (κ3) is 5.16. The monoisotopic (exact) mass is 405 g/mol. The minimum Gasteiger partial charge on any atom is -0.493 e. The van der Waals surface area contributed by atoms with E-state index in [1.807, 2.05) is 24.3 Å². The van der Waals surface area contributed by atoms with Crippen LogP contribution in [0.1, 0.15) is 42.1 Å². The van der Waals surface area contributed by atoms with Gasteiger partial charge >= 0.3 is 5.97 Å². The minimum atomic E-state index is -0.687. The third-order valence-electron chi connectivity index (χ3n) is 4.38. The lowest BCUT2D eigenvalue weighted by atomic mass is 9.97. The van der Waals surface area contributed by atoms with Gasteiger partial charge in [-0.1, -0.05) is 43.6 Å². The molecule has 0 saturated carbocycles. The summed E-state index contributed by atoms with van der Waals surface area (Å²) >= 11 is 6.10. The molecule has 0 unspecified atom stereocenters. The zero-order valence-corrected chi connectivity index (χ0v) is 17.1. The summed E-state index contributed by atoms with van der Waals surface area (Å²) in [5.41, 5.74) is 1.92. The molecule has 0 heterocycles. The van der Waals surface area contributed by atoms with Crippen molar-refractivity contribution in [3.63, 3.8) is 0 Å². The van der Waals surface area contributed by atoms with Crippen molar-refractivity contribution in [2.24, 2.45) is 0 Å². The zero-order valence-electron chi connectivity index (χ0n) is 16.4. The molecule has 28 heavy (non-hydrogen) atoms. The van der Waals surface area contributed by atoms with E-state index in [0.717, 1.165) is 12.0 Å². The fourth-order valence-electron chi connectivity index (χ4n) is 2.70. The Hall–Kier alpha value is -2.73. The van der Waals surface area contributed by atoms with Gasteiger partial charge in [0.05, 0.1) is 24.8 Å². The van der Waals surface area contributed by atoms with E-state index >= 15 is 0 Å². The summed E-state index contributed by atoms with van der Waals surface area (Å²) in [6.07, 6.45) is 0.946. The number of methoxy groups -OCH3 is 2. The first-order chi connectivity index (χ1) is 13.4. The molecule has 6 nitrogen and oxygen atoms in total. The standard InChI is InChI=1S/C21H24ClNO5/c1-5-13(2)15-8-6-7-9-17(15)23-19(24)12-28-21(25)14-10-16(22)20(27-4)18(11-14)26-3/h6-11,13H,5,12H2,1-4H3,(H,23,24)/t13-/m0/s1. The van der Waals surface area contributed by atoms with E-state index in [1.54, 1.807) is 0 Å². The molecule has 1 amide bonds. The van der Waals surface area contributed by atoms with E-state index in [9.17, 15) is 9.59 Å². The van der Waals surface area contributed by atoms with Gasteiger partial charge in [-0.3, -0.25) is 4.79 Å². The Morgan fingerprint density at radius 1 is 1.14 bits per heavy atom. The summed E-state index contributed by atoms with van der Waals surface area (Å²) in [5, 5.41) is 3.01. The topological polar surface area (TPSA) is 73.9 Å². The number of anilines is 1. The van der Waals surface area contributed by atoms with Gasteiger partial charge in [-0.2, -0.15) is 0 Å². The highest BCUT2D eigenvalue weighted by atomic mass is 35.5. The third-order valence-corrected chi connectivity index (χ3v) is 4.66. The lowest BCUT2D eigenvalue weighted by Gasteiger charge is -2.15. The quantitative estimate of drug-likeness (QED) is 0.646. The first kappa shape index (κ1) is 21.6. The number of para-hydroxylation sites is 1. The average molecular weight is 406 g/mol. The van der Waals surface area contributed by atoms with E-state index in [-0.39, 0.29) is 10.6 Å². The SMILES string of the molecule is CC[C@H](C)c1ccccc1NC(=O)COC(=O)c1cc(Cl)c(OC)c(OC)c1. The predicted molar refractivity (Wildman–Crippen MR) is 109 cm³/mol.